The van der Waals surface area contributed by atoms with Crippen molar-refractivity contribution in [3.8, 4) is 0 Å². The van der Waals surface area contributed by atoms with E-state index in [1.54, 1.807) is 13.0 Å². The number of hydrogen-bond donors (Lipinski definition) is 3. The van der Waals surface area contributed by atoms with Crippen LogP contribution in [0.15, 0.2) is 18.2 Å². The van der Waals surface area contributed by atoms with Gasteiger partial charge in [-0.05, 0) is 43.5 Å². The Hall–Kier alpha value is -2.41. The van der Waals surface area contributed by atoms with Crippen LogP contribution < -0.4 is 5.32 Å². The van der Waals surface area contributed by atoms with Crippen LogP contribution in [0.1, 0.15) is 35.3 Å². The standard InChI is InChI=1S/C17H19FN2O4/c1-10-6-11(18)7-13-12(10)8-14(19-13)16(23)20-17(9-15(21)22)2-4-24-5-3-17/h6-8,19H,2-5,9H2,1H3,(H,20,23)(H,21,22). The number of carbonyl (C=O) groups excluding carboxylic acids is 1. The zero-order valence-corrected chi connectivity index (χ0v) is 13.3. The number of hydrogen-bond acceptors (Lipinski definition) is 3. The number of ether oxygens (including phenoxy) is 1. The lowest BCUT2D eigenvalue weighted by atomic mass is 9.86. The summed E-state index contributed by atoms with van der Waals surface area (Å²) in [6.45, 7) is 2.58. The SMILES string of the molecule is Cc1cc(F)cc2[nH]c(C(=O)NC3(CC(=O)O)CCOCC3)cc12. The Balaban J connectivity index is 1.87. The van der Waals surface area contributed by atoms with Crippen molar-refractivity contribution in [2.75, 3.05) is 13.2 Å². The smallest absolute Gasteiger partial charge is 0.305 e. The first kappa shape index (κ1) is 16.4. The highest BCUT2D eigenvalue weighted by atomic mass is 19.1. The first-order valence-electron chi connectivity index (χ1n) is 7.79. The van der Waals surface area contributed by atoms with Gasteiger partial charge in [0.15, 0.2) is 0 Å². The Morgan fingerprint density at radius 3 is 2.71 bits per heavy atom. The molecule has 1 fully saturated rings. The lowest BCUT2D eigenvalue weighted by Crippen LogP contribution is -2.53. The highest BCUT2D eigenvalue weighted by molar-refractivity contribution is 5.99. The number of halogens is 1. The molecule has 1 saturated heterocycles. The third-order valence-electron chi connectivity index (χ3n) is 4.47. The Morgan fingerprint density at radius 2 is 2.04 bits per heavy atom. The minimum atomic E-state index is -0.966. The lowest BCUT2D eigenvalue weighted by molar-refractivity contribution is -0.139. The number of rotatable bonds is 4. The van der Waals surface area contributed by atoms with E-state index in [1.165, 1.54) is 12.1 Å². The van der Waals surface area contributed by atoms with Gasteiger partial charge in [-0.1, -0.05) is 0 Å². The van der Waals surface area contributed by atoms with Gasteiger partial charge >= 0.3 is 5.97 Å². The Labute approximate surface area is 138 Å². The van der Waals surface area contributed by atoms with E-state index < -0.39 is 17.4 Å². The summed E-state index contributed by atoms with van der Waals surface area (Å²) < 4.78 is 18.8. The molecular weight excluding hydrogens is 315 g/mol. The van der Waals surface area contributed by atoms with Crippen LogP contribution in [0.2, 0.25) is 0 Å². The molecule has 1 aromatic heterocycles. The van der Waals surface area contributed by atoms with Gasteiger partial charge in [-0.15, -0.1) is 0 Å². The Morgan fingerprint density at radius 1 is 1.33 bits per heavy atom. The monoisotopic (exact) mass is 334 g/mol. The van der Waals surface area contributed by atoms with Gasteiger partial charge in [0.2, 0.25) is 0 Å². The molecule has 24 heavy (non-hydrogen) atoms. The normalized spacial score (nSPS) is 16.9. The van der Waals surface area contributed by atoms with Gasteiger partial charge in [-0.25, -0.2) is 4.39 Å². The molecule has 1 aromatic carbocycles. The Bertz CT molecular complexity index is 793. The second-order valence-electron chi connectivity index (χ2n) is 6.28. The third kappa shape index (κ3) is 3.26. The number of aryl methyl sites for hydroxylation is 1. The zero-order chi connectivity index (χ0) is 17.3. The summed E-state index contributed by atoms with van der Waals surface area (Å²) >= 11 is 0. The van der Waals surface area contributed by atoms with Gasteiger partial charge < -0.3 is 20.1 Å². The van der Waals surface area contributed by atoms with Gasteiger partial charge in [-0.2, -0.15) is 0 Å². The van der Waals surface area contributed by atoms with Crippen LogP contribution in [0.5, 0.6) is 0 Å². The molecule has 0 aliphatic carbocycles. The summed E-state index contributed by atoms with van der Waals surface area (Å²) in [5.41, 5.74) is 0.733. The van der Waals surface area contributed by atoms with Crippen molar-refractivity contribution in [2.24, 2.45) is 0 Å². The molecule has 2 heterocycles. The van der Waals surface area contributed by atoms with Crippen LogP contribution in [0, 0.1) is 12.7 Å². The summed E-state index contributed by atoms with van der Waals surface area (Å²) in [5, 5.41) is 12.8. The van der Waals surface area contributed by atoms with E-state index in [0.717, 1.165) is 10.9 Å². The van der Waals surface area contributed by atoms with Crippen molar-refractivity contribution < 1.29 is 23.8 Å². The molecule has 0 spiro atoms. The van der Waals surface area contributed by atoms with E-state index in [9.17, 15) is 14.0 Å². The molecule has 6 nitrogen and oxygen atoms in total. The number of benzene rings is 1. The minimum Gasteiger partial charge on any atom is -0.481 e. The molecule has 0 radical (unpaired) electrons. The van der Waals surface area contributed by atoms with Crippen LogP contribution in [0.3, 0.4) is 0 Å². The first-order valence-corrected chi connectivity index (χ1v) is 7.79. The largest absolute Gasteiger partial charge is 0.481 e. The first-order chi connectivity index (χ1) is 11.4. The molecule has 0 atom stereocenters. The molecule has 2 aromatic rings. The molecule has 0 saturated carbocycles. The van der Waals surface area contributed by atoms with Crippen molar-refractivity contribution >= 4 is 22.8 Å². The molecule has 3 N–H and O–H groups in total. The van der Waals surface area contributed by atoms with Crippen molar-refractivity contribution in [3.63, 3.8) is 0 Å². The fraction of sp³-hybridized carbons (Fsp3) is 0.412. The van der Waals surface area contributed by atoms with Crippen LogP contribution in [-0.4, -0.2) is 40.7 Å². The summed E-state index contributed by atoms with van der Waals surface area (Å²) in [6, 6.07) is 4.40. The van der Waals surface area contributed by atoms with Crippen LogP contribution in [-0.2, 0) is 9.53 Å². The zero-order valence-electron chi connectivity index (χ0n) is 13.3. The molecule has 0 unspecified atom stereocenters. The fourth-order valence-electron chi connectivity index (χ4n) is 3.20. The highest BCUT2D eigenvalue weighted by Crippen LogP contribution is 2.26. The van der Waals surface area contributed by atoms with Crippen LogP contribution in [0.4, 0.5) is 4.39 Å². The number of aromatic amines is 1. The molecule has 7 heteroatoms. The van der Waals surface area contributed by atoms with Crippen molar-refractivity contribution in [2.45, 2.75) is 31.7 Å². The lowest BCUT2D eigenvalue weighted by Gasteiger charge is -2.36. The average Bonchev–Trinajstić information content (AvgIpc) is 2.91. The average molecular weight is 334 g/mol. The second-order valence-corrected chi connectivity index (χ2v) is 6.28. The predicted molar refractivity (Wildman–Crippen MR) is 85.5 cm³/mol. The van der Waals surface area contributed by atoms with E-state index >= 15 is 0 Å². The van der Waals surface area contributed by atoms with Crippen LogP contribution >= 0.6 is 0 Å². The maximum atomic E-state index is 13.5. The summed E-state index contributed by atoms with van der Waals surface area (Å²) in [7, 11) is 0. The summed E-state index contributed by atoms with van der Waals surface area (Å²) in [6.07, 6.45) is 0.730. The quantitative estimate of drug-likeness (QED) is 0.800. The second kappa shape index (κ2) is 6.24. The summed E-state index contributed by atoms with van der Waals surface area (Å²) in [5.74, 6) is -1.73. The van der Waals surface area contributed by atoms with Crippen molar-refractivity contribution in [1.82, 2.24) is 10.3 Å². The van der Waals surface area contributed by atoms with Gasteiger partial charge in [-0.3, -0.25) is 9.59 Å². The minimum absolute atomic E-state index is 0.157. The fourth-order valence-corrected chi connectivity index (χ4v) is 3.20. The van der Waals surface area contributed by atoms with Crippen molar-refractivity contribution in [1.29, 1.82) is 0 Å². The van der Waals surface area contributed by atoms with E-state index in [0.29, 0.717) is 31.6 Å². The molecular formula is C17H19FN2O4. The number of carboxylic acids is 1. The number of H-pyrrole nitrogens is 1. The number of aromatic nitrogens is 1. The number of carboxylic acid groups (broad SMARTS) is 1. The number of amides is 1. The number of nitrogens with one attached hydrogen (secondary N) is 2. The maximum absolute atomic E-state index is 13.5. The molecule has 1 aliphatic rings. The van der Waals surface area contributed by atoms with E-state index in [1.807, 2.05) is 0 Å². The van der Waals surface area contributed by atoms with Crippen molar-refractivity contribution in [3.05, 3.63) is 35.3 Å². The molecule has 1 amide bonds. The topological polar surface area (TPSA) is 91.4 Å². The van der Waals surface area contributed by atoms with Gasteiger partial charge in [0.1, 0.15) is 11.5 Å². The van der Waals surface area contributed by atoms with Gasteiger partial charge in [0.05, 0.1) is 12.0 Å². The van der Waals surface area contributed by atoms with Gasteiger partial charge in [0, 0.05) is 24.1 Å². The van der Waals surface area contributed by atoms with E-state index in [4.69, 9.17) is 9.84 Å². The van der Waals surface area contributed by atoms with E-state index in [-0.39, 0.29) is 17.9 Å². The number of aliphatic carboxylic acids is 1. The molecule has 128 valence electrons. The molecule has 1 aliphatic heterocycles. The summed E-state index contributed by atoms with van der Waals surface area (Å²) in [4.78, 5) is 26.7. The van der Waals surface area contributed by atoms with Crippen LogP contribution in [0.25, 0.3) is 10.9 Å². The molecule has 3 rings (SSSR count). The number of carbonyl (C=O) groups is 2. The maximum Gasteiger partial charge on any atom is 0.305 e. The third-order valence-corrected chi connectivity index (χ3v) is 4.47. The Kier molecular flexibility index (Phi) is 4.28. The number of fused-ring (bicyclic) bond motifs is 1. The van der Waals surface area contributed by atoms with Gasteiger partial charge in [0.25, 0.3) is 5.91 Å². The predicted octanol–water partition coefficient (Wildman–Crippen LogP) is 2.37. The highest BCUT2D eigenvalue weighted by Gasteiger charge is 2.36. The molecule has 0 bridgehead atoms. The van der Waals surface area contributed by atoms with E-state index in [2.05, 4.69) is 10.3 Å².